The zero-order chi connectivity index (χ0) is 15.5. The van der Waals surface area contributed by atoms with Gasteiger partial charge in [0.2, 0.25) is 0 Å². The predicted molar refractivity (Wildman–Crippen MR) is 75.7 cm³/mol. The summed E-state index contributed by atoms with van der Waals surface area (Å²) < 4.78 is 5.10. The first-order chi connectivity index (χ1) is 9.10. The van der Waals surface area contributed by atoms with Crippen molar-refractivity contribution in [3.63, 3.8) is 0 Å². The lowest BCUT2D eigenvalue weighted by Crippen LogP contribution is -2.38. The van der Waals surface area contributed by atoms with Gasteiger partial charge >= 0.3 is 12.1 Å². The molecule has 2 N–H and O–H groups in total. The molecule has 1 atom stereocenters. The van der Waals surface area contributed by atoms with Crippen LogP contribution in [-0.4, -0.2) is 22.8 Å². The molecule has 110 valence electrons. The van der Waals surface area contributed by atoms with Crippen LogP contribution in [0.3, 0.4) is 0 Å². The molecular formula is C15H21NO4. The Morgan fingerprint density at radius 3 is 2.35 bits per heavy atom. The summed E-state index contributed by atoms with van der Waals surface area (Å²) >= 11 is 0. The minimum absolute atomic E-state index is 0.559. The van der Waals surface area contributed by atoms with Crippen molar-refractivity contribution < 1.29 is 19.4 Å². The van der Waals surface area contributed by atoms with E-state index in [-0.39, 0.29) is 0 Å². The summed E-state index contributed by atoms with van der Waals surface area (Å²) in [5, 5.41) is 11.7. The van der Waals surface area contributed by atoms with Crippen molar-refractivity contribution in [3.05, 3.63) is 34.9 Å². The van der Waals surface area contributed by atoms with Gasteiger partial charge in [-0.3, -0.25) is 0 Å². The van der Waals surface area contributed by atoms with Gasteiger partial charge in [0.1, 0.15) is 5.60 Å². The van der Waals surface area contributed by atoms with E-state index in [0.29, 0.717) is 5.56 Å². The molecule has 5 nitrogen and oxygen atoms in total. The summed E-state index contributed by atoms with van der Waals surface area (Å²) in [7, 11) is 0. The fraction of sp³-hybridized carbons (Fsp3) is 0.467. The first-order valence-corrected chi connectivity index (χ1v) is 6.39. The highest BCUT2D eigenvalue weighted by molar-refractivity contribution is 5.82. The van der Waals surface area contributed by atoms with Crippen LogP contribution in [0.4, 0.5) is 4.79 Å². The molecule has 1 aromatic rings. The zero-order valence-electron chi connectivity index (χ0n) is 12.5. The van der Waals surface area contributed by atoms with Gasteiger partial charge in [-0.25, -0.2) is 9.59 Å². The van der Waals surface area contributed by atoms with Gasteiger partial charge in [-0.05, 0) is 45.7 Å². The second-order valence-electron chi connectivity index (χ2n) is 5.78. The van der Waals surface area contributed by atoms with E-state index in [4.69, 9.17) is 4.74 Å². The lowest BCUT2D eigenvalue weighted by atomic mass is 9.99. The Labute approximate surface area is 118 Å². The summed E-state index contributed by atoms with van der Waals surface area (Å²) in [6.45, 7) is 8.84. The van der Waals surface area contributed by atoms with Gasteiger partial charge in [0.05, 0.1) is 0 Å². The van der Waals surface area contributed by atoms with Crippen molar-refractivity contribution in [1.82, 2.24) is 5.32 Å². The number of carboxylic acids is 1. The topological polar surface area (TPSA) is 75.6 Å². The molecule has 20 heavy (non-hydrogen) atoms. The van der Waals surface area contributed by atoms with Crippen molar-refractivity contribution in [2.75, 3.05) is 0 Å². The molecular weight excluding hydrogens is 258 g/mol. The number of hydrogen-bond acceptors (Lipinski definition) is 3. The van der Waals surface area contributed by atoms with E-state index in [1.165, 1.54) is 0 Å². The Morgan fingerprint density at radius 1 is 1.25 bits per heavy atom. The average molecular weight is 279 g/mol. The number of rotatable bonds is 3. The molecule has 0 aliphatic heterocycles. The number of nitrogens with one attached hydrogen (secondary N) is 1. The van der Waals surface area contributed by atoms with E-state index in [0.717, 1.165) is 11.1 Å². The monoisotopic (exact) mass is 279 g/mol. The van der Waals surface area contributed by atoms with Crippen LogP contribution in [0.15, 0.2) is 18.2 Å². The molecule has 1 rings (SSSR count). The third-order valence-electron chi connectivity index (χ3n) is 2.65. The molecule has 0 fully saturated rings. The Hall–Kier alpha value is -2.04. The van der Waals surface area contributed by atoms with E-state index in [1.54, 1.807) is 26.8 Å². The van der Waals surface area contributed by atoms with E-state index in [2.05, 4.69) is 5.32 Å². The number of aliphatic carboxylic acids is 1. The van der Waals surface area contributed by atoms with Crippen LogP contribution in [0.1, 0.15) is 43.5 Å². The number of alkyl carbamates (subject to hydrolysis) is 1. The van der Waals surface area contributed by atoms with Crippen molar-refractivity contribution in [2.45, 2.75) is 46.3 Å². The van der Waals surface area contributed by atoms with Crippen LogP contribution in [-0.2, 0) is 9.53 Å². The first kappa shape index (κ1) is 16.0. The second-order valence-corrected chi connectivity index (χ2v) is 5.78. The molecule has 1 amide bonds. The standard InChI is InChI=1S/C15H21NO4/c1-9-6-7-10(2)11(8-9)12(13(17)18)16-14(19)20-15(3,4)5/h6-8,12H,1-5H3,(H,16,19)(H,17,18)/t12-/m0/s1. The summed E-state index contributed by atoms with van der Waals surface area (Å²) in [5.74, 6) is -1.12. The van der Waals surface area contributed by atoms with Crippen LogP contribution in [0.25, 0.3) is 0 Å². The summed E-state index contributed by atoms with van der Waals surface area (Å²) in [4.78, 5) is 23.1. The highest BCUT2D eigenvalue weighted by Crippen LogP contribution is 2.20. The maximum atomic E-state index is 11.7. The fourth-order valence-corrected chi connectivity index (χ4v) is 1.77. The van der Waals surface area contributed by atoms with Crippen LogP contribution >= 0.6 is 0 Å². The molecule has 0 heterocycles. The van der Waals surface area contributed by atoms with E-state index in [9.17, 15) is 14.7 Å². The van der Waals surface area contributed by atoms with Gasteiger partial charge in [0.25, 0.3) is 0 Å². The molecule has 0 saturated carbocycles. The molecule has 0 saturated heterocycles. The lowest BCUT2D eigenvalue weighted by Gasteiger charge is -2.23. The fourth-order valence-electron chi connectivity index (χ4n) is 1.77. The number of carbonyl (C=O) groups excluding carboxylic acids is 1. The van der Waals surface area contributed by atoms with E-state index >= 15 is 0 Å². The summed E-state index contributed by atoms with van der Waals surface area (Å²) in [6, 6.07) is 4.36. The average Bonchev–Trinajstić information content (AvgIpc) is 2.27. The third kappa shape index (κ3) is 4.57. The normalized spacial score (nSPS) is 12.7. The maximum absolute atomic E-state index is 11.7. The Morgan fingerprint density at radius 2 is 1.85 bits per heavy atom. The SMILES string of the molecule is Cc1ccc(C)c([C@H](NC(=O)OC(C)(C)C)C(=O)O)c1. The van der Waals surface area contributed by atoms with Crippen LogP contribution < -0.4 is 5.32 Å². The van der Waals surface area contributed by atoms with Crippen LogP contribution in [0, 0.1) is 13.8 Å². The minimum Gasteiger partial charge on any atom is -0.479 e. The maximum Gasteiger partial charge on any atom is 0.408 e. The number of amides is 1. The third-order valence-corrected chi connectivity index (χ3v) is 2.65. The largest absolute Gasteiger partial charge is 0.479 e. The molecule has 0 aliphatic rings. The molecule has 0 spiro atoms. The highest BCUT2D eigenvalue weighted by Gasteiger charge is 2.26. The Kier molecular flexibility index (Phi) is 4.76. The van der Waals surface area contributed by atoms with Crippen LogP contribution in [0.2, 0.25) is 0 Å². The van der Waals surface area contributed by atoms with Crippen molar-refractivity contribution >= 4 is 12.1 Å². The van der Waals surface area contributed by atoms with Gasteiger partial charge in [-0.2, -0.15) is 0 Å². The molecule has 0 radical (unpaired) electrons. The lowest BCUT2D eigenvalue weighted by molar-refractivity contribution is -0.139. The molecule has 0 aromatic heterocycles. The summed E-state index contributed by atoms with van der Waals surface area (Å²) in [6.07, 6.45) is -0.745. The van der Waals surface area contributed by atoms with Crippen molar-refractivity contribution in [3.8, 4) is 0 Å². The number of carbonyl (C=O) groups is 2. The van der Waals surface area contributed by atoms with Crippen molar-refractivity contribution in [1.29, 1.82) is 0 Å². The summed E-state index contributed by atoms with van der Waals surface area (Å²) in [5.41, 5.74) is 1.62. The van der Waals surface area contributed by atoms with Gasteiger partial charge < -0.3 is 15.2 Å². The Balaban J connectivity index is 2.98. The van der Waals surface area contributed by atoms with Crippen molar-refractivity contribution in [2.24, 2.45) is 0 Å². The Bertz CT molecular complexity index is 517. The molecule has 0 aliphatic carbocycles. The highest BCUT2D eigenvalue weighted by atomic mass is 16.6. The number of benzene rings is 1. The van der Waals surface area contributed by atoms with E-state index < -0.39 is 23.7 Å². The minimum atomic E-state index is -1.12. The molecule has 0 bridgehead atoms. The smallest absolute Gasteiger partial charge is 0.408 e. The quantitative estimate of drug-likeness (QED) is 0.892. The second kappa shape index (κ2) is 5.94. The number of hydrogen-bond donors (Lipinski definition) is 2. The number of aryl methyl sites for hydroxylation is 2. The van der Waals surface area contributed by atoms with E-state index in [1.807, 2.05) is 26.0 Å². The molecule has 0 unspecified atom stereocenters. The number of carboxylic acid groups (broad SMARTS) is 1. The van der Waals surface area contributed by atoms with Crippen LogP contribution in [0.5, 0.6) is 0 Å². The predicted octanol–water partition coefficient (Wildman–Crippen LogP) is 2.95. The van der Waals surface area contributed by atoms with Gasteiger partial charge in [-0.15, -0.1) is 0 Å². The van der Waals surface area contributed by atoms with Gasteiger partial charge in [0, 0.05) is 0 Å². The first-order valence-electron chi connectivity index (χ1n) is 6.39. The molecule has 5 heteroatoms. The van der Waals surface area contributed by atoms with Gasteiger partial charge in [0.15, 0.2) is 6.04 Å². The molecule has 1 aromatic carbocycles. The number of ether oxygens (including phenoxy) is 1. The van der Waals surface area contributed by atoms with Gasteiger partial charge in [-0.1, -0.05) is 23.8 Å². The zero-order valence-corrected chi connectivity index (χ0v) is 12.5.